The summed E-state index contributed by atoms with van der Waals surface area (Å²) in [6.45, 7) is 3.25. The van der Waals surface area contributed by atoms with Gasteiger partial charge in [0.1, 0.15) is 5.75 Å². The van der Waals surface area contributed by atoms with Gasteiger partial charge >= 0.3 is 0 Å². The van der Waals surface area contributed by atoms with Crippen LogP contribution in [0.25, 0.3) is 16.8 Å². The second-order valence-corrected chi connectivity index (χ2v) is 7.97. The minimum Gasteiger partial charge on any atom is -0.497 e. The van der Waals surface area contributed by atoms with Gasteiger partial charge in [0.15, 0.2) is 5.79 Å². The van der Waals surface area contributed by atoms with E-state index in [1.807, 2.05) is 27.2 Å². The third kappa shape index (κ3) is 3.78. The van der Waals surface area contributed by atoms with Gasteiger partial charge in [-0.2, -0.15) is 0 Å². The van der Waals surface area contributed by atoms with Crippen LogP contribution in [-0.4, -0.2) is 52.0 Å². The Hall–Kier alpha value is -2.54. The number of benzene rings is 2. The monoisotopic (exact) mass is 407 g/mol. The number of methoxy groups -OCH3 is 1. The molecule has 6 nitrogen and oxygen atoms in total. The lowest BCUT2D eigenvalue weighted by molar-refractivity contribution is 0.331. The maximum absolute atomic E-state index is 5.50. The molecule has 0 atom stereocenters. The van der Waals surface area contributed by atoms with Gasteiger partial charge in [-0.3, -0.25) is 15.5 Å². The lowest BCUT2D eigenvalue weighted by Gasteiger charge is -2.39. The number of fused-ring (bicyclic) bond motifs is 1. The predicted molar refractivity (Wildman–Crippen MR) is 124 cm³/mol. The van der Waals surface area contributed by atoms with Gasteiger partial charge in [-0.25, -0.2) is 0 Å². The zero-order chi connectivity index (χ0) is 21.1. The Balaban J connectivity index is 1.89. The van der Waals surface area contributed by atoms with Gasteiger partial charge in [0.25, 0.3) is 0 Å². The minimum absolute atomic E-state index is 0.492. The molecule has 4 rings (SSSR count). The molecule has 0 spiro atoms. The number of nitrogens with one attached hydrogen (secondary N) is 4. The Morgan fingerprint density at radius 3 is 2.50 bits per heavy atom. The number of likely N-dealkylation sites (tertiary alicyclic amines) is 1. The molecule has 30 heavy (non-hydrogen) atoms. The van der Waals surface area contributed by atoms with E-state index in [-0.39, 0.29) is 0 Å². The second kappa shape index (κ2) is 8.68. The van der Waals surface area contributed by atoms with Crippen LogP contribution in [0.5, 0.6) is 5.75 Å². The first-order valence-corrected chi connectivity index (χ1v) is 10.7. The molecule has 6 heteroatoms. The molecule has 2 aliphatic heterocycles. The molecular formula is C24H33N5O. The smallest absolute Gasteiger partial charge is 0.165 e. The zero-order valence-corrected chi connectivity index (χ0v) is 18.4. The summed E-state index contributed by atoms with van der Waals surface area (Å²) in [7, 11) is 7.62. The average Bonchev–Trinajstić information content (AvgIpc) is 3.31. The van der Waals surface area contributed by atoms with Crippen LogP contribution in [0, 0.1) is 0 Å². The van der Waals surface area contributed by atoms with E-state index in [9.17, 15) is 0 Å². The van der Waals surface area contributed by atoms with Crippen LogP contribution in [0.3, 0.4) is 0 Å². The first-order valence-electron chi connectivity index (χ1n) is 10.7. The molecule has 4 N–H and O–H groups in total. The summed E-state index contributed by atoms with van der Waals surface area (Å²) in [6, 6.07) is 12.8. The summed E-state index contributed by atoms with van der Waals surface area (Å²) < 4.78 is 5.50. The largest absolute Gasteiger partial charge is 0.497 e. The fraction of sp³-hybridized carbons (Fsp3) is 0.417. The highest BCUT2D eigenvalue weighted by molar-refractivity contribution is 5.87. The Morgan fingerprint density at radius 2 is 1.83 bits per heavy atom. The van der Waals surface area contributed by atoms with Crippen molar-refractivity contribution >= 4 is 11.4 Å². The lowest BCUT2D eigenvalue weighted by Crippen LogP contribution is -2.60. The highest BCUT2D eigenvalue weighted by Crippen LogP contribution is 2.40. The van der Waals surface area contributed by atoms with E-state index in [1.54, 1.807) is 7.11 Å². The number of rotatable bonds is 7. The van der Waals surface area contributed by atoms with Crippen molar-refractivity contribution in [3.05, 3.63) is 53.6 Å². The molecule has 2 aromatic rings. The molecule has 0 amide bonds. The van der Waals surface area contributed by atoms with Crippen molar-refractivity contribution in [1.82, 2.24) is 20.9 Å². The van der Waals surface area contributed by atoms with Gasteiger partial charge in [-0.15, -0.1) is 0 Å². The summed E-state index contributed by atoms with van der Waals surface area (Å²) in [5.41, 5.74) is 7.25. The third-order valence-electron chi connectivity index (χ3n) is 6.29. The quantitative estimate of drug-likeness (QED) is 0.530. The van der Waals surface area contributed by atoms with E-state index >= 15 is 0 Å². The molecule has 0 aromatic heterocycles. The van der Waals surface area contributed by atoms with E-state index in [4.69, 9.17) is 4.74 Å². The highest BCUT2D eigenvalue weighted by Gasteiger charge is 2.32. The summed E-state index contributed by atoms with van der Waals surface area (Å²) >= 11 is 0. The third-order valence-corrected chi connectivity index (χ3v) is 6.29. The van der Waals surface area contributed by atoms with Crippen LogP contribution >= 0.6 is 0 Å². The molecule has 1 fully saturated rings. The van der Waals surface area contributed by atoms with Crippen LogP contribution in [0.1, 0.15) is 24.0 Å². The number of ether oxygens (including phenoxy) is 1. The maximum atomic E-state index is 5.50. The van der Waals surface area contributed by atoms with Crippen molar-refractivity contribution in [2.45, 2.75) is 25.2 Å². The molecule has 2 aliphatic rings. The van der Waals surface area contributed by atoms with E-state index in [1.165, 1.54) is 35.1 Å². The SMILES string of the molecule is CNC1=CC(NC)(NC)Nc2ccc(-c3cccc(OC)c3)c(CN3CCCC3)c21. The van der Waals surface area contributed by atoms with Gasteiger partial charge in [0.2, 0.25) is 0 Å². The number of hydrogen-bond acceptors (Lipinski definition) is 6. The second-order valence-electron chi connectivity index (χ2n) is 7.97. The molecule has 0 aliphatic carbocycles. The molecule has 0 unspecified atom stereocenters. The fourth-order valence-corrected chi connectivity index (χ4v) is 4.58. The van der Waals surface area contributed by atoms with Crippen molar-refractivity contribution in [1.29, 1.82) is 0 Å². The van der Waals surface area contributed by atoms with Crippen molar-refractivity contribution in [3.8, 4) is 16.9 Å². The van der Waals surface area contributed by atoms with Crippen molar-refractivity contribution in [2.24, 2.45) is 0 Å². The first kappa shape index (κ1) is 20.7. The number of likely N-dealkylation sites (N-methyl/N-ethyl adjacent to an activating group) is 2. The van der Waals surface area contributed by atoms with Gasteiger partial charge in [0, 0.05) is 30.5 Å². The van der Waals surface area contributed by atoms with Crippen LogP contribution in [0.15, 0.2) is 42.5 Å². The minimum atomic E-state index is -0.492. The Bertz CT molecular complexity index is 929. The molecule has 1 saturated heterocycles. The van der Waals surface area contributed by atoms with Gasteiger partial charge in [-0.05, 0) is 81.0 Å². The zero-order valence-electron chi connectivity index (χ0n) is 18.4. The van der Waals surface area contributed by atoms with E-state index < -0.39 is 5.79 Å². The van der Waals surface area contributed by atoms with Crippen LogP contribution in [-0.2, 0) is 6.54 Å². The highest BCUT2D eigenvalue weighted by atomic mass is 16.5. The summed E-state index contributed by atoms with van der Waals surface area (Å²) in [5, 5.41) is 13.8. The summed E-state index contributed by atoms with van der Waals surface area (Å²) in [6.07, 6.45) is 4.75. The fourth-order valence-electron chi connectivity index (χ4n) is 4.58. The maximum Gasteiger partial charge on any atom is 0.165 e. The topological polar surface area (TPSA) is 60.6 Å². The van der Waals surface area contributed by atoms with E-state index in [0.29, 0.717) is 0 Å². The van der Waals surface area contributed by atoms with Gasteiger partial charge in [-0.1, -0.05) is 18.2 Å². The molecular weight excluding hydrogens is 374 g/mol. The molecule has 0 radical (unpaired) electrons. The van der Waals surface area contributed by atoms with Crippen LogP contribution < -0.4 is 26.0 Å². The summed E-state index contributed by atoms with van der Waals surface area (Å²) in [5.74, 6) is 0.387. The predicted octanol–water partition coefficient (Wildman–Crippen LogP) is 3.04. The molecule has 160 valence electrons. The Labute approximate surface area is 179 Å². The van der Waals surface area contributed by atoms with Gasteiger partial charge < -0.3 is 15.4 Å². The standard InChI is InChI=1S/C24H33N5O/c1-25-22-15-24(26-2,27-3)28-21-11-10-19(17-8-7-9-18(14-17)30-4)20(23(21)22)16-29-12-5-6-13-29/h7-11,14-15,25-28H,5-6,12-13,16H2,1-4H3. The van der Waals surface area contributed by atoms with Crippen LogP contribution in [0.2, 0.25) is 0 Å². The molecule has 2 aromatic carbocycles. The molecule has 2 heterocycles. The van der Waals surface area contributed by atoms with Gasteiger partial charge in [0.05, 0.1) is 7.11 Å². The number of hydrogen-bond donors (Lipinski definition) is 4. The molecule has 0 saturated carbocycles. The van der Waals surface area contributed by atoms with Crippen molar-refractivity contribution in [3.63, 3.8) is 0 Å². The molecule has 0 bridgehead atoms. The average molecular weight is 408 g/mol. The normalized spacial score (nSPS) is 17.8. The number of nitrogens with zero attached hydrogens (tertiary/aromatic N) is 1. The van der Waals surface area contributed by atoms with Crippen molar-refractivity contribution < 1.29 is 4.74 Å². The van der Waals surface area contributed by atoms with Crippen LogP contribution in [0.4, 0.5) is 5.69 Å². The van der Waals surface area contributed by atoms with E-state index in [0.717, 1.165) is 36.8 Å². The number of anilines is 1. The van der Waals surface area contributed by atoms with E-state index in [2.05, 4.69) is 62.6 Å². The Kier molecular flexibility index (Phi) is 5.99. The Morgan fingerprint density at radius 1 is 1.07 bits per heavy atom. The summed E-state index contributed by atoms with van der Waals surface area (Å²) in [4.78, 5) is 2.56. The lowest BCUT2D eigenvalue weighted by atomic mass is 9.89. The first-order chi connectivity index (χ1) is 14.6. The van der Waals surface area contributed by atoms with Crippen molar-refractivity contribution in [2.75, 3.05) is 46.7 Å².